The molecule has 2 aromatic heterocycles. The number of aryl methyl sites for hydroxylation is 1. The number of benzene rings is 1. The number of hydrogen-bond acceptors (Lipinski definition) is 4. The van der Waals surface area contributed by atoms with E-state index in [1.54, 1.807) is 11.3 Å². The van der Waals surface area contributed by atoms with Gasteiger partial charge in [0.05, 0.1) is 17.1 Å². The number of nitrogens with zero attached hydrogens (tertiary/aromatic N) is 3. The van der Waals surface area contributed by atoms with Crippen LogP contribution in [0.2, 0.25) is 0 Å². The van der Waals surface area contributed by atoms with Crippen molar-refractivity contribution in [2.75, 3.05) is 19.6 Å². The van der Waals surface area contributed by atoms with Crippen molar-refractivity contribution < 1.29 is 4.79 Å². The molecule has 1 aliphatic rings. The van der Waals surface area contributed by atoms with Crippen LogP contribution in [0.1, 0.15) is 34.3 Å². The molecule has 1 aliphatic heterocycles. The molecule has 0 bridgehead atoms. The van der Waals surface area contributed by atoms with E-state index in [1.165, 1.54) is 5.56 Å². The summed E-state index contributed by atoms with van der Waals surface area (Å²) in [6.45, 7) is 7.03. The summed E-state index contributed by atoms with van der Waals surface area (Å²) in [5.74, 6) is 0.119. The zero-order valence-corrected chi connectivity index (χ0v) is 17.3. The molecule has 3 aromatic rings. The Kier molecular flexibility index (Phi) is 5.60. The van der Waals surface area contributed by atoms with Gasteiger partial charge < -0.3 is 10.6 Å². The summed E-state index contributed by atoms with van der Waals surface area (Å²) >= 11 is 1.54. The van der Waals surface area contributed by atoms with Gasteiger partial charge in [0.15, 0.2) is 0 Å². The summed E-state index contributed by atoms with van der Waals surface area (Å²) in [6.07, 6.45) is 0.973. The van der Waals surface area contributed by atoms with Crippen molar-refractivity contribution in [1.82, 2.24) is 14.7 Å². The number of nitrogens with two attached hydrogens (primary N) is 1. The second-order valence-electron chi connectivity index (χ2n) is 7.55. The van der Waals surface area contributed by atoms with Crippen LogP contribution in [0.25, 0.3) is 10.2 Å². The molecular formula is C20H25ClN4OS. The number of thiophene rings is 1. The average Bonchev–Trinajstić information content (AvgIpc) is 3.32. The topological polar surface area (TPSA) is 64.2 Å². The highest BCUT2D eigenvalue weighted by Gasteiger charge is 2.35. The summed E-state index contributed by atoms with van der Waals surface area (Å²) in [6, 6.07) is 12.3. The fourth-order valence-electron chi connectivity index (χ4n) is 3.60. The van der Waals surface area contributed by atoms with Gasteiger partial charge in [-0.2, -0.15) is 5.10 Å². The first-order valence-corrected chi connectivity index (χ1v) is 9.81. The number of aromatic nitrogens is 2. The van der Waals surface area contributed by atoms with Crippen LogP contribution in [0, 0.1) is 12.3 Å². The van der Waals surface area contributed by atoms with Crippen LogP contribution in [0.4, 0.5) is 0 Å². The van der Waals surface area contributed by atoms with Gasteiger partial charge in [-0.25, -0.2) is 0 Å². The molecular weight excluding hydrogens is 380 g/mol. The standard InChI is InChI=1S/C20H24N4OS.ClH/c1-14-16-10-17(18(25)23-9-8-20(2,12-21)13-23)26-19(16)24(22-14)11-15-6-4-3-5-7-15;/h3-7,10H,8-9,11-13,21H2,1-2H3;1H. The summed E-state index contributed by atoms with van der Waals surface area (Å²) in [4.78, 5) is 16.8. The summed E-state index contributed by atoms with van der Waals surface area (Å²) < 4.78 is 2.01. The number of rotatable bonds is 4. The van der Waals surface area contributed by atoms with Crippen molar-refractivity contribution in [3.05, 3.63) is 52.5 Å². The van der Waals surface area contributed by atoms with Gasteiger partial charge in [-0.15, -0.1) is 23.7 Å². The van der Waals surface area contributed by atoms with E-state index in [-0.39, 0.29) is 23.7 Å². The molecule has 1 fully saturated rings. The van der Waals surface area contributed by atoms with Crippen molar-refractivity contribution in [1.29, 1.82) is 0 Å². The fraction of sp³-hybridized carbons (Fsp3) is 0.400. The SMILES string of the molecule is Cc1nn(Cc2ccccc2)c2sc(C(=O)N3CCC(C)(CN)C3)cc12.Cl. The lowest BCUT2D eigenvalue weighted by Crippen LogP contribution is -2.34. The molecule has 0 aliphatic carbocycles. The maximum atomic E-state index is 13.0. The second kappa shape index (κ2) is 7.62. The quantitative estimate of drug-likeness (QED) is 0.721. The van der Waals surface area contributed by atoms with Crippen LogP contribution in [-0.2, 0) is 6.54 Å². The Hall–Kier alpha value is -1.89. The first kappa shape index (κ1) is 19.9. The molecule has 1 saturated heterocycles. The number of carbonyl (C=O) groups is 1. The maximum Gasteiger partial charge on any atom is 0.264 e. The van der Waals surface area contributed by atoms with Crippen LogP contribution in [0.3, 0.4) is 0 Å². The number of hydrogen-bond donors (Lipinski definition) is 1. The van der Waals surface area contributed by atoms with E-state index < -0.39 is 0 Å². The van der Waals surface area contributed by atoms with E-state index in [9.17, 15) is 4.79 Å². The highest BCUT2D eigenvalue weighted by atomic mass is 35.5. The van der Waals surface area contributed by atoms with Gasteiger partial charge in [0.1, 0.15) is 4.83 Å². The van der Waals surface area contributed by atoms with Gasteiger partial charge in [-0.1, -0.05) is 37.3 Å². The second-order valence-corrected chi connectivity index (χ2v) is 8.58. The highest BCUT2D eigenvalue weighted by molar-refractivity contribution is 7.20. The number of halogens is 1. The minimum Gasteiger partial charge on any atom is -0.337 e. The minimum absolute atomic E-state index is 0. The van der Waals surface area contributed by atoms with Crippen LogP contribution in [-0.4, -0.2) is 40.2 Å². The van der Waals surface area contributed by atoms with Gasteiger partial charge in [0.2, 0.25) is 0 Å². The Balaban J connectivity index is 0.00000210. The Morgan fingerprint density at radius 1 is 1.33 bits per heavy atom. The zero-order valence-electron chi connectivity index (χ0n) is 15.6. The highest BCUT2D eigenvalue weighted by Crippen LogP contribution is 2.33. The molecule has 0 radical (unpaired) electrons. The number of likely N-dealkylation sites (tertiary alicyclic amines) is 1. The summed E-state index contributed by atoms with van der Waals surface area (Å²) in [5.41, 5.74) is 8.10. The molecule has 4 rings (SSSR count). The Morgan fingerprint density at radius 2 is 2.07 bits per heavy atom. The van der Waals surface area contributed by atoms with E-state index in [0.717, 1.165) is 40.3 Å². The van der Waals surface area contributed by atoms with E-state index in [4.69, 9.17) is 5.73 Å². The summed E-state index contributed by atoms with van der Waals surface area (Å²) in [5, 5.41) is 5.74. The van der Waals surface area contributed by atoms with Crippen molar-refractivity contribution in [2.45, 2.75) is 26.8 Å². The average molecular weight is 405 g/mol. The van der Waals surface area contributed by atoms with E-state index in [2.05, 4.69) is 24.2 Å². The lowest BCUT2D eigenvalue weighted by Gasteiger charge is -2.22. The molecule has 1 aromatic carbocycles. The maximum absolute atomic E-state index is 13.0. The number of amides is 1. The van der Waals surface area contributed by atoms with Crippen molar-refractivity contribution in [3.8, 4) is 0 Å². The molecule has 2 N–H and O–H groups in total. The molecule has 3 heterocycles. The van der Waals surface area contributed by atoms with Crippen LogP contribution in [0.15, 0.2) is 36.4 Å². The molecule has 144 valence electrons. The first-order chi connectivity index (χ1) is 12.5. The Labute approximate surface area is 169 Å². The van der Waals surface area contributed by atoms with Gasteiger partial charge >= 0.3 is 0 Å². The monoisotopic (exact) mass is 404 g/mol. The largest absolute Gasteiger partial charge is 0.337 e. The predicted octanol–water partition coefficient (Wildman–Crippen LogP) is 3.69. The van der Waals surface area contributed by atoms with Crippen LogP contribution < -0.4 is 5.73 Å². The van der Waals surface area contributed by atoms with Gasteiger partial charge in [-0.3, -0.25) is 9.48 Å². The minimum atomic E-state index is 0. The van der Waals surface area contributed by atoms with Crippen LogP contribution in [0.5, 0.6) is 0 Å². The number of fused-ring (bicyclic) bond motifs is 1. The third-order valence-corrected chi connectivity index (χ3v) is 6.47. The van der Waals surface area contributed by atoms with E-state index in [1.807, 2.05) is 40.8 Å². The predicted molar refractivity (Wildman–Crippen MR) is 113 cm³/mol. The van der Waals surface area contributed by atoms with E-state index in [0.29, 0.717) is 13.1 Å². The summed E-state index contributed by atoms with van der Waals surface area (Å²) in [7, 11) is 0. The van der Waals surface area contributed by atoms with Gasteiger partial charge in [0, 0.05) is 18.5 Å². The molecule has 7 heteroatoms. The third-order valence-electron chi connectivity index (χ3n) is 5.33. The lowest BCUT2D eigenvalue weighted by molar-refractivity contribution is 0.0782. The molecule has 0 spiro atoms. The Morgan fingerprint density at radius 3 is 2.74 bits per heavy atom. The van der Waals surface area contributed by atoms with E-state index >= 15 is 0 Å². The number of carbonyl (C=O) groups excluding carboxylic acids is 1. The normalized spacial score (nSPS) is 19.4. The zero-order chi connectivity index (χ0) is 18.3. The molecule has 1 amide bonds. The molecule has 1 atom stereocenters. The Bertz CT molecular complexity index is 952. The third kappa shape index (κ3) is 3.74. The van der Waals surface area contributed by atoms with Crippen molar-refractivity contribution in [3.63, 3.8) is 0 Å². The first-order valence-electron chi connectivity index (χ1n) is 8.99. The fourth-order valence-corrected chi connectivity index (χ4v) is 4.73. The molecule has 1 unspecified atom stereocenters. The van der Waals surface area contributed by atoms with Gasteiger partial charge in [-0.05, 0) is 36.9 Å². The van der Waals surface area contributed by atoms with Crippen molar-refractivity contribution in [2.24, 2.45) is 11.1 Å². The lowest BCUT2D eigenvalue weighted by atomic mass is 9.90. The molecule has 27 heavy (non-hydrogen) atoms. The van der Waals surface area contributed by atoms with Crippen molar-refractivity contribution >= 4 is 39.9 Å². The van der Waals surface area contributed by atoms with Crippen LogP contribution >= 0.6 is 23.7 Å². The smallest absolute Gasteiger partial charge is 0.264 e. The molecule has 5 nitrogen and oxygen atoms in total. The van der Waals surface area contributed by atoms with Gasteiger partial charge in [0.25, 0.3) is 5.91 Å². The molecule has 0 saturated carbocycles.